The van der Waals surface area contributed by atoms with Crippen molar-refractivity contribution in [3.63, 3.8) is 0 Å². The molecule has 1 fully saturated rings. The molecule has 5 rings (SSSR count). The van der Waals surface area contributed by atoms with Crippen LogP contribution in [0.1, 0.15) is 25.1 Å². The molecule has 1 amide bonds. The molecule has 1 saturated carbocycles. The number of nitrogens with zero attached hydrogens (tertiary/aromatic N) is 5. The van der Waals surface area contributed by atoms with Gasteiger partial charge in [-0.15, -0.1) is 0 Å². The number of carbonyl (C=O) groups excluding carboxylic acids is 1. The molecule has 1 aliphatic rings. The van der Waals surface area contributed by atoms with Crippen LogP contribution < -0.4 is 14.9 Å². The van der Waals surface area contributed by atoms with E-state index in [1.165, 1.54) is 13.1 Å². The van der Waals surface area contributed by atoms with Crippen molar-refractivity contribution in [2.45, 2.75) is 19.3 Å². The largest absolute Gasteiger partial charge is 0.352 e. The third-order valence-electron chi connectivity index (χ3n) is 6.10. The number of nitrogens with one attached hydrogen (secondary N) is 3. The Morgan fingerprint density at radius 1 is 1.22 bits per heavy atom. The monoisotopic (exact) mass is 530 g/mol. The maximum Gasteiger partial charge on any atom is 0.295 e. The number of anilines is 4. The van der Waals surface area contributed by atoms with Crippen molar-refractivity contribution >= 4 is 50.0 Å². The van der Waals surface area contributed by atoms with Gasteiger partial charge in [0.05, 0.1) is 41.5 Å². The first-order chi connectivity index (χ1) is 17.5. The molecule has 3 N–H and O–H groups in total. The molecule has 0 unspecified atom stereocenters. The number of rotatable bonds is 8. The Morgan fingerprint density at radius 2 is 1.97 bits per heavy atom. The highest BCUT2D eigenvalue weighted by molar-refractivity contribution is 7.92. The lowest BCUT2D eigenvalue weighted by Gasteiger charge is -2.22. The number of aryl methyl sites for hydroxylation is 1. The van der Waals surface area contributed by atoms with Gasteiger partial charge in [-0.05, 0) is 25.0 Å². The van der Waals surface area contributed by atoms with Gasteiger partial charge in [-0.25, -0.2) is 32.2 Å². The van der Waals surface area contributed by atoms with Crippen LogP contribution in [0.15, 0.2) is 36.8 Å². The molecule has 3 aromatic heterocycles. The van der Waals surface area contributed by atoms with Gasteiger partial charge in [-0.2, -0.15) is 0 Å². The molecule has 14 heteroatoms. The number of hydrogen-bond donors (Lipinski definition) is 3. The molecule has 0 radical (unpaired) electrons. The van der Waals surface area contributed by atoms with Crippen molar-refractivity contribution in [3.8, 4) is 11.3 Å². The van der Waals surface area contributed by atoms with Gasteiger partial charge in [0.1, 0.15) is 11.3 Å². The Labute approximate surface area is 211 Å². The number of sulfonamides is 1. The summed E-state index contributed by atoms with van der Waals surface area (Å²) in [6.45, 7) is 0. The first-order valence-corrected chi connectivity index (χ1v) is 13.2. The lowest BCUT2D eigenvalue weighted by Crippen LogP contribution is -2.25. The van der Waals surface area contributed by atoms with E-state index >= 15 is 0 Å². The molecule has 4 aromatic rings. The van der Waals surface area contributed by atoms with Gasteiger partial charge < -0.3 is 20.2 Å². The molecular weight excluding hydrogens is 506 g/mol. The van der Waals surface area contributed by atoms with Crippen LogP contribution in [-0.2, 0) is 21.9 Å². The summed E-state index contributed by atoms with van der Waals surface area (Å²) >= 11 is 0. The number of benzene rings is 1. The smallest absolute Gasteiger partial charge is 0.295 e. The zero-order valence-electron chi connectivity index (χ0n) is 20.2. The SMILES string of the molecule is CN(c1cc(-c2cncn2C)ccc1Nc1cc(NC(=O)C2CC2)nc2nc(C(F)F)[nH]c12)S(C)(=O)=O. The molecule has 0 saturated heterocycles. The summed E-state index contributed by atoms with van der Waals surface area (Å²) in [5.74, 6) is -0.736. The van der Waals surface area contributed by atoms with Crippen LogP contribution >= 0.6 is 0 Å². The van der Waals surface area contributed by atoms with Crippen LogP contribution in [0, 0.1) is 5.92 Å². The van der Waals surface area contributed by atoms with E-state index in [2.05, 4.69) is 30.6 Å². The number of H-pyrrole nitrogens is 1. The Kier molecular flexibility index (Phi) is 6.06. The summed E-state index contributed by atoms with van der Waals surface area (Å²) in [4.78, 5) is 27.1. The third-order valence-corrected chi connectivity index (χ3v) is 7.29. The third kappa shape index (κ3) is 4.96. The zero-order chi connectivity index (χ0) is 26.5. The molecule has 0 bridgehead atoms. The van der Waals surface area contributed by atoms with Gasteiger partial charge in [-0.1, -0.05) is 6.07 Å². The fraction of sp³-hybridized carbons (Fsp3) is 0.304. The fourth-order valence-corrected chi connectivity index (χ4v) is 4.37. The maximum absolute atomic E-state index is 13.4. The van der Waals surface area contributed by atoms with E-state index in [0.29, 0.717) is 11.4 Å². The summed E-state index contributed by atoms with van der Waals surface area (Å²) in [5, 5.41) is 5.84. The predicted octanol–water partition coefficient (Wildman–Crippen LogP) is 3.78. The normalized spacial score (nSPS) is 13.8. The average Bonchev–Trinajstić information content (AvgIpc) is 3.46. The van der Waals surface area contributed by atoms with Gasteiger partial charge >= 0.3 is 0 Å². The highest BCUT2D eigenvalue weighted by Gasteiger charge is 2.30. The number of alkyl halides is 2. The van der Waals surface area contributed by atoms with E-state index in [4.69, 9.17) is 0 Å². The Hall–Kier alpha value is -4.07. The lowest BCUT2D eigenvalue weighted by molar-refractivity contribution is -0.117. The molecule has 3 heterocycles. The van der Waals surface area contributed by atoms with Crippen LogP contribution in [-0.4, -0.2) is 52.1 Å². The van der Waals surface area contributed by atoms with E-state index in [1.807, 2.05) is 7.05 Å². The van der Waals surface area contributed by atoms with E-state index in [1.54, 1.807) is 35.3 Å². The molecule has 11 nitrogen and oxygen atoms in total. The Balaban J connectivity index is 1.62. The first-order valence-electron chi connectivity index (χ1n) is 11.3. The number of pyridine rings is 1. The van der Waals surface area contributed by atoms with Crippen LogP contribution in [0.3, 0.4) is 0 Å². The number of carbonyl (C=O) groups is 1. The number of amides is 1. The Morgan fingerprint density at radius 3 is 2.59 bits per heavy atom. The second-order valence-corrected chi connectivity index (χ2v) is 10.9. The molecule has 0 spiro atoms. The molecular formula is C23H24F2N8O3S. The first kappa shape index (κ1) is 24.6. The standard InChI is InChI=1S/C23H24F2N8O3S/c1-32-11-26-10-17(32)13-6-7-14(16(8-13)33(2)37(3,35)36)27-15-9-18(29-23(34)12-4-5-12)28-21-19(15)30-22(31-21)20(24)25/h6-12,20H,4-5H2,1-3H3,(H3,27,28,29,30,31,34). The highest BCUT2D eigenvalue weighted by atomic mass is 32.2. The predicted molar refractivity (Wildman–Crippen MR) is 135 cm³/mol. The summed E-state index contributed by atoms with van der Waals surface area (Å²) in [7, 11) is -0.428. The minimum absolute atomic E-state index is 0.0177. The number of aromatic nitrogens is 5. The van der Waals surface area contributed by atoms with E-state index < -0.39 is 22.3 Å². The molecule has 1 aliphatic carbocycles. The molecule has 0 aliphatic heterocycles. The van der Waals surface area contributed by atoms with Crippen molar-refractivity contribution in [3.05, 3.63) is 42.6 Å². The van der Waals surface area contributed by atoms with Crippen molar-refractivity contribution in [1.82, 2.24) is 24.5 Å². The van der Waals surface area contributed by atoms with Gasteiger partial charge in [0.15, 0.2) is 11.5 Å². The van der Waals surface area contributed by atoms with Crippen LogP contribution in [0.2, 0.25) is 0 Å². The number of aromatic amines is 1. The van der Waals surface area contributed by atoms with Crippen molar-refractivity contribution in [2.75, 3.05) is 28.2 Å². The average molecular weight is 531 g/mol. The second kappa shape index (κ2) is 9.10. The lowest BCUT2D eigenvalue weighted by atomic mass is 10.1. The van der Waals surface area contributed by atoms with Crippen LogP contribution in [0.25, 0.3) is 22.4 Å². The second-order valence-electron chi connectivity index (χ2n) is 8.92. The van der Waals surface area contributed by atoms with Crippen LogP contribution in [0.4, 0.5) is 31.7 Å². The quantitative estimate of drug-likeness (QED) is 0.315. The summed E-state index contributed by atoms with van der Waals surface area (Å²) < 4.78 is 54.6. The Bertz CT molecular complexity index is 1610. The number of hydrogen-bond acceptors (Lipinski definition) is 7. The molecule has 37 heavy (non-hydrogen) atoms. The molecule has 1 aromatic carbocycles. The minimum Gasteiger partial charge on any atom is -0.352 e. The summed E-state index contributed by atoms with van der Waals surface area (Å²) in [6.07, 6.45) is 3.06. The van der Waals surface area contributed by atoms with Gasteiger partial charge in [-0.3, -0.25) is 9.10 Å². The maximum atomic E-state index is 13.4. The molecule has 0 atom stereocenters. The van der Waals surface area contributed by atoms with E-state index in [-0.39, 0.29) is 34.5 Å². The van der Waals surface area contributed by atoms with Crippen molar-refractivity contribution < 1.29 is 22.0 Å². The van der Waals surface area contributed by atoms with Crippen molar-refractivity contribution in [1.29, 1.82) is 0 Å². The van der Waals surface area contributed by atoms with Crippen LogP contribution in [0.5, 0.6) is 0 Å². The molecule has 194 valence electrons. The van der Waals surface area contributed by atoms with Crippen molar-refractivity contribution in [2.24, 2.45) is 13.0 Å². The number of fused-ring (bicyclic) bond motifs is 1. The van der Waals surface area contributed by atoms with Gasteiger partial charge in [0, 0.05) is 31.6 Å². The zero-order valence-corrected chi connectivity index (χ0v) is 21.0. The van der Waals surface area contributed by atoms with Gasteiger partial charge in [0.2, 0.25) is 15.9 Å². The minimum atomic E-state index is -3.66. The topological polar surface area (TPSA) is 138 Å². The highest BCUT2D eigenvalue weighted by Crippen LogP contribution is 2.37. The van der Waals surface area contributed by atoms with E-state index in [9.17, 15) is 22.0 Å². The van der Waals surface area contributed by atoms with Gasteiger partial charge in [0.25, 0.3) is 6.43 Å². The summed E-state index contributed by atoms with van der Waals surface area (Å²) in [6, 6.07) is 6.64. The summed E-state index contributed by atoms with van der Waals surface area (Å²) in [5.41, 5.74) is 2.62. The number of halogens is 2. The number of imidazole rings is 2. The fourth-order valence-electron chi connectivity index (χ4n) is 3.86. The van der Waals surface area contributed by atoms with E-state index in [0.717, 1.165) is 34.7 Å².